The molecule has 0 saturated heterocycles. The van der Waals surface area contributed by atoms with Gasteiger partial charge in [0.05, 0.1) is 16.3 Å². The molecule has 0 fully saturated rings. The van der Waals surface area contributed by atoms with Gasteiger partial charge >= 0.3 is 0 Å². The van der Waals surface area contributed by atoms with E-state index < -0.39 is 10.0 Å². The van der Waals surface area contributed by atoms with Crippen LogP contribution in [0, 0.1) is 13.8 Å². The van der Waals surface area contributed by atoms with Gasteiger partial charge in [-0.05, 0) is 61.9 Å². The Bertz CT molecular complexity index is 1280. The lowest BCUT2D eigenvalue weighted by Gasteiger charge is -2.08. The Morgan fingerprint density at radius 2 is 1.61 bits per heavy atom. The summed E-state index contributed by atoms with van der Waals surface area (Å²) in [6, 6.07) is 17.3. The number of aryl methyl sites for hydroxylation is 2. The molecule has 0 saturated carbocycles. The number of sulfonamides is 1. The first kappa shape index (κ1) is 18.5. The van der Waals surface area contributed by atoms with Crippen molar-refractivity contribution < 1.29 is 8.42 Å². The largest absolute Gasteiger partial charge is 0.280 e. The Morgan fingerprint density at radius 1 is 0.893 bits per heavy atom. The van der Waals surface area contributed by atoms with Crippen molar-refractivity contribution in [3.8, 4) is 5.69 Å². The summed E-state index contributed by atoms with van der Waals surface area (Å²) in [5, 5.41) is 9.50. The summed E-state index contributed by atoms with van der Waals surface area (Å²) in [5.74, 6) is 0. The minimum atomic E-state index is -3.68. The molecule has 3 aromatic carbocycles. The lowest BCUT2D eigenvalue weighted by molar-refractivity contribution is 0.601. The number of benzene rings is 3. The summed E-state index contributed by atoms with van der Waals surface area (Å²) in [7, 11) is -3.68. The van der Waals surface area contributed by atoms with Gasteiger partial charge in [-0.1, -0.05) is 35.4 Å². The summed E-state index contributed by atoms with van der Waals surface area (Å²) in [4.78, 5) is 1.69. The summed E-state index contributed by atoms with van der Waals surface area (Å²) in [6.45, 7) is 3.83. The third-order valence-corrected chi connectivity index (χ3v) is 6.15. The van der Waals surface area contributed by atoms with Gasteiger partial charge in [0.1, 0.15) is 11.0 Å². The van der Waals surface area contributed by atoms with Crippen molar-refractivity contribution in [3.63, 3.8) is 0 Å². The number of nitrogens with one attached hydrogen (secondary N) is 1. The molecule has 0 atom stereocenters. The fourth-order valence-electron chi connectivity index (χ4n) is 2.73. The van der Waals surface area contributed by atoms with E-state index in [0.717, 1.165) is 16.8 Å². The first-order chi connectivity index (χ1) is 13.3. The Balaban J connectivity index is 1.66. The van der Waals surface area contributed by atoms with E-state index in [-0.39, 0.29) is 4.90 Å². The fraction of sp³-hybridized carbons (Fsp3) is 0.100. The van der Waals surface area contributed by atoms with Crippen molar-refractivity contribution in [2.45, 2.75) is 18.7 Å². The molecule has 6 nitrogen and oxygen atoms in total. The van der Waals surface area contributed by atoms with E-state index in [2.05, 4.69) is 14.9 Å². The third-order valence-electron chi connectivity index (χ3n) is 4.35. The first-order valence-electron chi connectivity index (χ1n) is 8.55. The van der Waals surface area contributed by atoms with Crippen molar-refractivity contribution >= 4 is 38.3 Å². The van der Waals surface area contributed by atoms with Crippen molar-refractivity contribution in [2.24, 2.45) is 0 Å². The van der Waals surface area contributed by atoms with Gasteiger partial charge in [-0.2, -0.15) is 4.80 Å². The Labute approximate surface area is 167 Å². The molecule has 142 valence electrons. The SMILES string of the molecule is Cc1ccc(S(=O)(=O)Nc2ccc3nn(-c4ccc(C)c(Cl)c4)nc3c2)cc1. The van der Waals surface area contributed by atoms with E-state index in [1.165, 1.54) is 4.80 Å². The highest BCUT2D eigenvalue weighted by molar-refractivity contribution is 7.92. The lowest BCUT2D eigenvalue weighted by Crippen LogP contribution is -2.12. The highest BCUT2D eigenvalue weighted by Crippen LogP contribution is 2.23. The minimum absolute atomic E-state index is 0.205. The number of fused-ring (bicyclic) bond motifs is 1. The van der Waals surface area contributed by atoms with Crippen LogP contribution in [-0.2, 0) is 10.0 Å². The van der Waals surface area contributed by atoms with Gasteiger partial charge in [0.15, 0.2) is 0 Å². The van der Waals surface area contributed by atoms with E-state index in [1.54, 1.807) is 48.5 Å². The van der Waals surface area contributed by atoms with Crippen molar-refractivity contribution in [3.05, 3.63) is 76.8 Å². The van der Waals surface area contributed by atoms with E-state index >= 15 is 0 Å². The van der Waals surface area contributed by atoms with E-state index in [4.69, 9.17) is 11.6 Å². The quantitative estimate of drug-likeness (QED) is 0.535. The van der Waals surface area contributed by atoms with Gasteiger partial charge in [0, 0.05) is 5.02 Å². The second-order valence-corrected chi connectivity index (χ2v) is 8.63. The Hall–Kier alpha value is -2.90. The summed E-state index contributed by atoms with van der Waals surface area (Å²) in [6.07, 6.45) is 0. The summed E-state index contributed by atoms with van der Waals surface area (Å²) >= 11 is 6.18. The van der Waals surface area contributed by atoms with Gasteiger partial charge < -0.3 is 0 Å². The lowest BCUT2D eigenvalue weighted by atomic mass is 10.2. The van der Waals surface area contributed by atoms with Crippen molar-refractivity contribution in [2.75, 3.05) is 4.72 Å². The third kappa shape index (κ3) is 3.58. The fourth-order valence-corrected chi connectivity index (χ4v) is 3.96. The van der Waals surface area contributed by atoms with Crippen LogP contribution in [0.4, 0.5) is 5.69 Å². The highest BCUT2D eigenvalue weighted by Gasteiger charge is 2.15. The predicted octanol–water partition coefficient (Wildman–Crippen LogP) is 4.49. The molecule has 1 aromatic heterocycles. The number of hydrogen-bond acceptors (Lipinski definition) is 4. The maximum Gasteiger partial charge on any atom is 0.261 e. The molecule has 0 unspecified atom stereocenters. The van der Waals surface area contributed by atoms with Crippen molar-refractivity contribution in [1.82, 2.24) is 15.0 Å². The maximum absolute atomic E-state index is 12.6. The smallest absolute Gasteiger partial charge is 0.261 e. The average Bonchev–Trinajstić information content (AvgIpc) is 3.07. The number of hydrogen-bond donors (Lipinski definition) is 1. The molecule has 4 aromatic rings. The zero-order valence-corrected chi connectivity index (χ0v) is 16.8. The molecule has 0 aliphatic rings. The van der Waals surface area contributed by atoms with Gasteiger partial charge in [-0.25, -0.2) is 8.42 Å². The number of halogens is 1. The number of aromatic nitrogens is 3. The predicted molar refractivity (Wildman–Crippen MR) is 111 cm³/mol. The molecule has 1 N–H and O–H groups in total. The summed E-state index contributed by atoms with van der Waals surface area (Å²) < 4.78 is 27.7. The zero-order chi connectivity index (χ0) is 19.9. The van der Waals surface area contributed by atoms with Gasteiger partial charge in [0.2, 0.25) is 0 Å². The van der Waals surface area contributed by atoms with E-state index in [9.17, 15) is 8.42 Å². The standard InChI is InChI=1S/C20H17ClN4O2S/c1-13-3-8-17(9-4-13)28(26,27)24-15-6-10-19-20(11-15)23-25(22-19)16-7-5-14(2)18(21)12-16/h3-12,24H,1-2H3. The maximum atomic E-state index is 12.6. The van der Waals surface area contributed by atoms with Gasteiger partial charge in [-0.3, -0.25) is 4.72 Å². The number of anilines is 1. The van der Waals surface area contributed by atoms with Crippen LogP contribution in [0.1, 0.15) is 11.1 Å². The van der Waals surface area contributed by atoms with Crippen LogP contribution in [0.2, 0.25) is 5.02 Å². The molecule has 0 aliphatic carbocycles. The molecule has 0 spiro atoms. The molecule has 0 radical (unpaired) electrons. The average molecular weight is 413 g/mol. The van der Waals surface area contributed by atoms with Crippen LogP contribution in [0.25, 0.3) is 16.7 Å². The minimum Gasteiger partial charge on any atom is -0.280 e. The van der Waals surface area contributed by atoms with Gasteiger partial charge in [-0.15, -0.1) is 10.2 Å². The number of rotatable bonds is 4. The molecule has 0 amide bonds. The molecule has 0 bridgehead atoms. The van der Waals surface area contributed by atoms with E-state index in [1.807, 2.05) is 26.0 Å². The number of nitrogens with zero attached hydrogens (tertiary/aromatic N) is 3. The molecule has 8 heteroatoms. The van der Waals surface area contributed by atoms with Crippen LogP contribution in [0.5, 0.6) is 0 Å². The summed E-state index contributed by atoms with van der Waals surface area (Å²) in [5.41, 5.74) is 4.33. The molecule has 28 heavy (non-hydrogen) atoms. The first-order valence-corrected chi connectivity index (χ1v) is 10.4. The Morgan fingerprint density at radius 3 is 2.32 bits per heavy atom. The van der Waals surface area contributed by atoms with Crippen LogP contribution in [-0.4, -0.2) is 23.4 Å². The molecule has 0 aliphatic heterocycles. The molecule has 1 heterocycles. The topological polar surface area (TPSA) is 76.9 Å². The van der Waals surface area contributed by atoms with Crippen LogP contribution in [0.3, 0.4) is 0 Å². The second-order valence-electron chi connectivity index (χ2n) is 6.54. The normalized spacial score (nSPS) is 11.7. The van der Waals surface area contributed by atoms with Crippen LogP contribution in [0.15, 0.2) is 65.6 Å². The van der Waals surface area contributed by atoms with Gasteiger partial charge in [0.25, 0.3) is 10.0 Å². The molecule has 4 rings (SSSR count). The molecular weight excluding hydrogens is 396 g/mol. The Kier molecular flexibility index (Phi) is 4.56. The van der Waals surface area contributed by atoms with E-state index in [0.29, 0.717) is 21.7 Å². The van der Waals surface area contributed by atoms with Crippen LogP contribution >= 0.6 is 11.6 Å². The van der Waals surface area contributed by atoms with Crippen molar-refractivity contribution in [1.29, 1.82) is 0 Å². The zero-order valence-electron chi connectivity index (χ0n) is 15.2. The highest BCUT2D eigenvalue weighted by atomic mass is 35.5. The second kappa shape index (κ2) is 6.92. The van der Waals surface area contributed by atoms with Crippen LogP contribution < -0.4 is 4.72 Å². The molecular formula is C20H17ClN4O2S. The monoisotopic (exact) mass is 412 g/mol.